The molecule has 9 heteroatoms. The number of piperidine rings is 1. The van der Waals surface area contributed by atoms with Crippen LogP contribution in [0, 0.1) is 0 Å². The zero-order chi connectivity index (χ0) is 20.6. The van der Waals surface area contributed by atoms with E-state index in [2.05, 4.69) is 9.97 Å². The first kappa shape index (κ1) is 19.9. The van der Waals surface area contributed by atoms with Crippen molar-refractivity contribution in [1.29, 1.82) is 0 Å². The van der Waals surface area contributed by atoms with E-state index < -0.39 is 11.6 Å². The fourth-order valence-electron chi connectivity index (χ4n) is 5.12. The van der Waals surface area contributed by atoms with Crippen LogP contribution in [0.4, 0.5) is 0 Å². The predicted octanol–water partition coefficient (Wildman–Crippen LogP) is 0.269. The summed E-state index contributed by atoms with van der Waals surface area (Å²) in [5.74, 6) is 0.00370. The summed E-state index contributed by atoms with van der Waals surface area (Å²) < 4.78 is 5.10. The molecule has 1 aromatic rings. The Bertz CT molecular complexity index is 799. The molecule has 158 valence electrons. The van der Waals surface area contributed by atoms with Crippen LogP contribution >= 0.6 is 0 Å². The number of fused-ring (bicyclic) bond motifs is 2. The summed E-state index contributed by atoms with van der Waals surface area (Å²) >= 11 is 0. The summed E-state index contributed by atoms with van der Waals surface area (Å²) in [6, 6.07) is -0.433. The largest absolute Gasteiger partial charge is 0.375 e. The van der Waals surface area contributed by atoms with Gasteiger partial charge < -0.3 is 24.4 Å². The lowest BCUT2D eigenvalue weighted by Gasteiger charge is -2.50. The fourth-order valence-corrected chi connectivity index (χ4v) is 5.12. The molecule has 29 heavy (non-hydrogen) atoms. The van der Waals surface area contributed by atoms with E-state index in [0.29, 0.717) is 45.4 Å². The van der Waals surface area contributed by atoms with Crippen molar-refractivity contribution in [2.24, 2.45) is 0 Å². The highest BCUT2D eigenvalue weighted by atomic mass is 16.5. The number of nitrogens with zero attached hydrogens (tertiary/aromatic N) is 4. The van der Waals surface area contributed by atoms with E-state index in [-0.39, 0.29) is 24.3 Å². The Balaban J connectivity index is 1.52. The average molecular weight is 403 g/mol. The number of imidazole rings is 1. The average Bonchev–Trinajstić information content (AvgIpc) is 3.37. The van der Waals surface area contributed by atoms with Crippen molar-refractivity contribution >= 4 is 17.7 Å². The second kappa shape index (κ2) is 7.78. The summed E-state index contributed by atoms with van der Waals surface area (Å²) in [5.41, 5.74) is 1.48. The summed E-state index contributed by atoms with van der Waals surface area (Å²) in [6.45, 7) is 4.20. The van der Waals surface area contributed by atoms with Crippen molar-refractivity contribution < 1.29 is 19.1 Å². The molecule has 1 N–H and O–H groups in total. The van der Waals surface area contributed by atoms with E-state index in [9.17, 15) is 14.4 Å². The minimum absolute atomic E-state index is 0.0112. The summed E-state index contributed by atoms with van der Waals surface area (Å²) in [5, 5.41) is 0. The minimum Gasteiger partial charge on any atom is -0.375 e. The fraction of sp³-hybridized carbons (Fsp3) is 0.700. The second-order valence-corrected chi connectivity index (χ2v) is 8.18. The number of rotatable bonds is 4. The lowest BCUT2D eigenvalue weighted by Crippen LogP contribution is -2.60. The quantitative estimate of drug-likeness (QED) is 0.778. The first-order valence-electron chi connectivity index (χ1n) is 10.4. The van der Waals surface area contributed by atoms with Crippen LogP contribution in [0.25, 0.3) is 0 Å². The number of hydrogen-bond donors (Lipinski definition) is 1. The molecule has 0 bridgehead atoms. The van der Waals surface area contributed by atoms with Gasteiger partial charge in [0.2, 0.25) is 17.7 Å². The SMILES string of the molecule is COCC(=O)N1CCc2[nH]cnc2C12CCN(C(=O)[C@@H](C)N1CCCC1=O)CC2. The van der Waals surface area contributed by atoms with Crippen LogP contribution in [0.2, 0.25) is 0 Å². The molecule has 2 fully saturated rings. The number of ether oxygens (including phenoxy) is 1. The van der Waals surface area contributed by atoms with Crippen molar-refractivity contribution in [2.45, 2.75) is 50.6 Å². The van der Waals surface area contributed by atoms with Crippen molar-refractivity contribution in [3.05, 3.63) is 17.7 Å². The van der Waals surface area contributed by atoms with E-state index in [0.717, 1.165) is 24.2 Å². The third kappa shape index (κ3) is 3.31. The number of likely N-dealkylation sites (tertiary alicyclic amines) is 2. The van der Waals surface area contributed by atoms with Gasteiger partial charge in [0.15, 0.2) is 0 Å². The number of amides is 3. The second-order valence-electron chi connectivity index (χ2n) is 8.18. The number of aromatic nitrogens is 2. The first-order valence-corrected chi connectivity index (χ1v) is 10.4. The van der Waals surface area contributed by atoms with Gasteiger partial charge in [0.25, 0.3) is 0 Å². The third-order valence-corrected chi connectivity index (χ3v) is 6.67. The molecule has 4 heterocycles. The molecule has 9 nitrogen and oxygen atoms in total. The molecule has 1 aromatic heterocycles. The highest BCUT2D eigenvalue weighted by molar-refractivity contribution is 5.88. The van der Waals surface area contributed by atoms with Crippen molar-refractivity contribution in [3.63, 3.8) is 0 Å². The lowest BCUT2D eigenvalue weighted by atomic mass is 9.78. The molecule has 1 spiro atoms. The molecule has 4 rings (SSSR count). The molecule has 2 saturated heterocycles. The van der Waals surface area contributed by atoms with Crippen LogP contribution in [0.5, 0.6) is 0 Å². The van der Waals surface area contributed by atoms with Crippen molar-refractivity contribution in [3.8, 4) is 0 Å². The van der Waals surface area contributed by atoms with Gasteiger partial charge in [0.1, 0.15) is 12.6 Å². The van der Waals surface area contributed by atoms with Gasteiger partial charge in [-0.25, -0.2) is 4.98 Å². The van der Waals surface area contributed by atoms with Crippen molar-refractivity contribution in [1.82, 2.24) is 24.7 Å². The maximum Gasteiger partial charge on any atom is 0.249 e. The van der Waals surface area contributed by atoms with Gasteiger partial charge in [-0.05, 0) is 26.2 Å². The number of carbonyl (C=O) groups is 3. The smallest absolute Gasteiger partial charge is 0.249 e. The van der Waals surface area contributed by atoms with Crippen LogP contribution in [-0.4, -0.2) is 88.3 Å². The molecule has 3 amide bonds. The van der Waals surface area contributed by atoms with Gasteiger partial charge in [-0.3, -0.25) is 14.4 Å². The van der Waals surface area contributed by atoms with E-state index in [4.69, 9.17) is 4.74 Å². The van der Waals surface area contributed by atoms with Gasteiger partial charge in [-0.1, -0.05) is 0 Å². The third-order valence-electron chi connectivity index (χ3n) is 6.67. The maximum atomic E-state index is 13.0. The molecule has 3 aliphatic rings. The zero-order valence-electron chi connectivity index (χ0n) is 17.1. The number of hydrogen-bond acceptors (Lipinski definition) is 5. The predicted molar refractivity (Wildman–Crippen MR) is 104 cm³/mol. The Morgan fingerprint density at radius 3 is 2.66 bits per heavy atom. The first-order chi connectivity index (χ1) is 14.0. The number of H-pyrrole nitrogens is 1. The van der Waals surface area contributed by atoms with Crippen LogP contribution in [0.15, 0.2) is 6.33 Å². The molecular formula is C20H29N5O4. The Morgan fingerprint density at radius 1 is 1.24 bits per heavy atom. The van der Waals surface area contributed by atoms with Crippen LogP contribution < -0.4 is 0 Å². The normalized spacial score (nSPS) is 22.1. The van der Waals surface area contributed by atoms with Crippen LogP contribution in [-0.2, 0) is 31.1 Å². The molecule has 0 radical (unpaired) electrons. The zero-order valence-corrected chi connectivity index (χ0v) is 17.1. The van der Waals surface area contributed by atoms with Crippen molar-refractivity contribution in [2.75, 3.05) is 39.9 Å². The van der Waals surface area contributed by atoms with E-state index in [1.807, 2.05) is 16.7 Å². The number of aromatic amines is 1. The standard InChI is InChI=1S/C20H29N5O4/c1-14(24-8-3-4-16(24)26)19(28)23-10-6-20(7-11-23)18-15(21-13-22-18)5-9-25(20)17(27)12-29-2/h13-14H,3-12H2,1-2H3,(H,21,22)/t14-/m1/s1. The minimum atomic E-state index is -0.507. The molecule has 3 aliphatic heterocycles. The molecule has 0 saturated carbocycles. The van der Waals surface area contributed by atoms with E-state index in [1.165, 1.54) is 7.11 Å². The molecule has 0 unspecified atom stereocenters. The van der Waals surface area contributed by atoms with Gasteiger partial charge in [0.05, 0.1) is 17.6 Å². The topological polar surface area (TPSA) is 98.8 Å². The van der Waals surface area contributed by atoms with Gasteiger partial charge in [-0.15, -0.1) is 0 Å². The Kier molecular flexibility index (Phi) is 5.33. The highest BCUT2D eigenvalue weighted by Gasteiger charge is 2.49. The summed E-state index contributed by atoms with van der Waals surface area (Å²) in [4.78, 5) is 51.0. The summed E-state index contributed by atoms with van der Waals surface area (Å²) in [7, 11) is 1.52. The van der Waals surface area contributed by atoms with Gasteiger partial charge in [0, 0.05) is 51.8 Å². The monoisotopic (exact) mass is 403 g/mol. The van der Waals surface area contributed by atoms with Gasteiger partial charge in [-0.2, -0.15) is 0 Å². The Morgan fingerprint density at radius 2 is 2.00 bits per heavy atom. The maximum absolute atomic E-state index is 13.0. The Hall–Kier alpha value is -2.42. The lowest BCUT2D eigenvalue weighted by molar-refractivity contribution is -0.150. The molecule has 0 aliphatic carbocycles. The molecule has 0 aromatic carbocycles. The molecule has 1 atom stereocenters. The highest BCUT2D eigenvalue weighted by Crippen LogP contribution is 2.42. The van der Waals surface area contributed by atoms with Crippen LogP contribution in [0.1, 0.15) is 44.0 Å². The number of carbonyl (C=O) groups excluding carboxylic acids is 3. The molecular weight excluding hydrogens is 374 g/mol. The van der Waals surface area contributed by atoms with Crippen LogP contribution in [0.3, 0.4) is 0 Å². The van der Waals surface area contributed by atoms with E-state index in [1.54, 1.807) is 11.2 Å². The number of methoxy groups -OCH3 is 1. The summed E-state index contributed by atoms with van der Waals surface area (Å²) in [6.07, 6.45) is 5.04. The van der Waals surface area contributed by atoms with Gasteiger partial charge >= 0.3 is 0 Å². The number of nitrogens with one attached hydrogen (secondary N) is 1. The Labute approximate surface area is 170 Å². The van der Waals surface area contributed by atoms with E-state index >= 15 is 0 Å².